The van der Waals surface area contributed by atoms with Crippen LogP contribution in [0.3, 0.4) is 0 Å². The number of unbranched alkanes of at least 4 members (excludes halogenated alkanes) is 4. The van der Waals surface area contributed by atoms with E-state index in [9.17, 15) is 18.8 Å². The van der Waals surface area contributed by atoms with Crippen molar-refractivity contribution < 1.29 is 23.9 Å². The van der Waals surface area contributed by atoms with E-state index in [4.69, 9.17) is 5.11 Å². The Morgan fingerprint density at radius 3 is 2.46 bits per heavy atom. The van der Waals surface area contributed by atoms with Gasteiger partial charge in [-0.05, 0) is 43.5 Å². The molecule has 0 aliphatic carbocycles. The van der Waals surface area contributed by atoms with Gasteiger partial charge < -0.3 is 15.3 Å². The van der Waals surface area contributed by atoms with Gasteiger partial charge in [-0.3, -0.25) is 14.4 Å². The van der Waals surface area contributed by atoms with Crippen LogP contribution in [0.1, 0.15) is 44.9 Å². The van der Waals surface area contributed by atoms with E-state index in [-0.39, 0.29) is 24.1 Å². The molecule has 2 N–H and O–H groups in total. The maximum absolute atomic E-state index is 13.0. The number of hydrogen-bond donors (Lipinski definition) is 2. The van der Waals surface area contributed by atoms with Crippen molar-refractivity contribution in [1.29, 1.82) is 0 Å². The molecule has 2 rings (SSSR count). The summed E-state index contributed by atoms with van der Waals surface area (Å²) in [5.74, 6) is -2.32. The largest absolute Gasteiger partial charge is 0.481 e. The number of benzene rings is 1. The third kappa shape index (κ3) is 5.82. The van der Waals surface area contributed by atoms with Gasteiger partial charge in [-0.1, -0.05) is 19.3 Å². The van der Waals surface area contributed by atoms with Crippen LogP contribution in [0, 0.1) is 11.7 Å². The van der Waals surface area contributed by atoms with Gasteiger partial charge in [-0.15, -0.1) is 0 Å². The van der Waals surface area contributed by atoms with Gasteiger partial charge in [0.15, 0.2) is 0 Å². The fourth-order valence-electron chi connectivity index (χ4n) is 3.07. The maximum atomic E-state index is 13.0. The summed E-state index contributed by atoms with van der Waals surface area (Å²) < 4.78 is 13.0. The quantitative estimate of drug-likeness (QED) is 0.494. The average molecular weight is 364 g/mol. The Labute approximate surface area is 152 Å². The predicted molar refractivity (Wildman–Crippen MR) is 95.2 cm³/mol. The summed E-state index contributed by atoms with van der Waals surface area (Å²) in [6, 6.07) is 5.68. The Bertz CT molecular complexity index is 633. The van der Waals surface area contributed by atoms with Crippen LogP contribution in [0.25, 0.3) is 0 Å². The Hall–Kier alpha value is -2.44. The monoisotopic (exact) mass is 364 g/mol. The predicted octanol–water partition coefficient (Wildman–Crippen LogP) is 2.72. The molecule has 26 heavy (non-hydrogen) atoms. The first-order chi connectivity index (χ1) is 12.5. The summed E-state index contributed by atoms with van der Waals surface area (Å²) in [7, 11) is 0. The number of halogens is 1. The van der Waals surface area contributed by atoms with E-state index in [1.807, 2.05) is 0 Å². The molecule has 1 unspecified atom stereocenters. The fourth-order valence-corrected chi connectivity index (χ4v) is 3.07. The number of nitrogens with zero attached hydrogens (tertiary/aromatic N) is 1. The number of rotatable bonds is 10. The highest BCUT2D eigenvalue weighted by Gasteiger charge is 2.37. The standard InChI is InChI=1S/C19H25FN2O4/c20-14-7-9-15(10-8-14)22-13-11-16(19(22)26)18(25)21-12-5-3-1-2-4-6-17(23)24/h7-10,16H,1-6,11-13H2,(H,21,25)(H,23,24). The second-order valence-corrected chi connectivity index (χ2v) is 6.51. The first-order valence-electron chi connectivity index (χ1n) is 9.05. The van der Waals surface area contributed by atoms with Crippen LogP contribution < -0.4 is 10.2 Å². The molecule has 0 bridgehead atoms. The Morgan fingerprint density at radius 2 is 1.77 bits per heavy atom. The van der Waals surface area contributed by atoms with Crippen molar-refractivity contribution in [2.24, 2.45) is 5.92 Å². The highest BCUT2D eigenvalue weighted by Crippen LogP contribution is 2.25. The lowest BCUT2D eigenvalue weighted by molar-refractivity contribution is -0.137. The lowest BCUT2D eigenvalue weighted by Crippen LogP contribution is -2.37. The van der Waals surface area contributed by atoms with Crippen molar-refractivity contribution in [3.63, 3.8) is 0 Å². The van der Waals surface area contributed by atoms with E-state index in [0.717, 1.165) is 25.7 Å². The molecule has 6 nitrogen and oxygen atoms in total. The minimum atomic E-state index is -0.770. The minimum Gasteiger partial charge on any atom is -0.481 e. The van der Waals surface area contributed by atoms with Gasteiger partial charge in [0.05, 0.1) is 0 Å². The molecule has 0 radical (unpaired) electrons. The number of hydrogen-bond acceptors (Lipinski definition) is 3. The third-order valence-corrected chi connectivity index (χ3v) is 4.53. The van der Waals surface area contributed by atoms with Gasteiger partial charge in [0, 0.05) is 25.2 Å². The van der Waals surface area contributed by atoms with Crippen LogP contribution in [0.5, 0.6) is 0 Å². The number of nitrogens with one attached hydrogen (secondary N) is 1. The zero-order valence-electron chi connectivity index (χ0n) is 14.7. The van der Waals surface area contributed by atoms with E-state index in [1.54, 1.807) is 0 Å². The van der Waals surface area contributed by atoms with Crippen LogP contribution >= 0.6 is 0 Å². The van der Waals surface area contributed by atoms with Gasteiger partial charge in [-0.25, -0.2) is 4.39 Å². The maximum Gasteiger partial charge on any atom is 0.303 e. The highest BCUT2D eigenvalue weighted by atomic mass is 19.1. The lowest BCUT2D eigenvalue weighted by atomic mass is 10.1. The zero-order chi connectivity index (χ0) is 18.9. The molecule has 142 valence electrons. The summed E-state index contributed by atoms with van der Waals surface area (Å²) >= 11 is 0. The van der Waals surface area contributed by atoms with Crippen LogP contribution in [0.2, 0.25) is 0 Å². The number of carboxylic acids is 1. The van der Waals surface area contributed by atoms with Gasteiger partial charge >= 0.3 is 5.97 Å². The topological polar surface area (TPSA) is 86.7 Å². The lowest BCUT2D eigenvalue weighted by Gasteiger charge is -2.16. The van der Waals surface area contributed by atoms with E-state index in [0.29, 0.717) is 31.6 Å². The SMILES string of the molecule is O=C(O)CCCCCCCNC(=O)C1CCN(c2ccc(F)cc2)C1=O. The van der Waals surface area contributed by atoms with Crippen molar-refractivity contribution in [2.75, 3.05) is 18.0 Å². The molecule has 0 spiro atoms. The van der Waals surface area contributed by atoms with E-state index in [1.165, 1.54) is 29.2 Å². The molecule has 1 aliphatic heterocycles. The van der Waals surface area contributed by atoms with Crippen molar-refractivity contribution >= 4 is 23.5 Å². The number of anilines is 1. The number of carboxylic acid groups (broad SMARTS) is 1. The number of aliphatic carboxylic acids is 1. The van der Waals surface area contributed by atoms with Crippen molar-refractivity contribution in [1.82, 2.24) is 5.32 Å². The molecule has 1 aliphatic rings. The molecule has 0 saturated carbocycles. The summed E-state index contributed by atoms with van der Waals surface area (Å²) in [6.07, 6.45) is 4.86. The number of carbonyl (C=O) groups is 3. The van der Waals surface area contributed by atoms with Crippen LogP contribution in [-0.2, 0) is 14.4 Å². The zero-order valence-corrected chi connectivity index (χ0v) is 14.7. The van der Waals surface area contributed by atoms with Gasteiger partial charge in [0.2, 0.25) is 11.8 Å². The summed E-state index contributed by atoms with van der Waals surface area (Å²) in [6.45, 7) is 0.963. The van der Waals surface area contributed by atoms with Gasteiger partial charge in [-0.2, -0.15) is 0 Å². The van der Waals surface area contributed by atoms with Gasteiger partial charge in [0.25, 0.3) is 0 Å². The Morgan fingerprint density at radius 1 is 1.12 bits per heavy atom. The van der Waals surface area contributed by atoms with Crippen LogP contribution in [0.15, 0.2) is 24.3 Å². The average Bonchev–Trinajstić information content (AvgIpc) is 2.99. The van der Waals surface area contributed by atoms with E-state index in [2.05, 4.69) is 5.32 Å². The normalized spacial score (nSPS) is 16.7. The smallest absolute Gasteiger partial charge is 0.303 e. The Kier molecular flexibility index (Phi) is 7.56. The molecular formula is C19H25FN2O4. The molecule has 2 amide bonds. The molecule has 0 aromatic heterocycles. The van der Waals surface area contributed by atoms with E-state index >= 15 is 0 Å². The second kappa shape index (κ2) is 9.89. The molecule has 1 fully saturated rings. The highest BCUT2D eigenvalue weighted by molar-refractivity contribution is 6.09. The summed E-state index contributed by atoms with van der Waals surface area (Å²) in [5, 5.41) is 11.4. The molecule has 1 atom stereocenters. The second-order valence-electron chi connectivity index (χ2n) is 6.51. The van der Waals surface area contributed by atoms with Crippen molar-refractivity contribution in [2.45, 2.75) is 44.9 Å². The molecular weight excluding hydrogens is 339 g/mol. The summed E-state index contributed by atoms with van der Waals surface area (Å²) in [4.78, 5) is 36.5. The van der Waals surface area contributed by atoms with Crippen molar-refractivity contribution in [3.8, 4) is 0 Å². The Balaban J connectivity index is 1.66. The van der Waals surface area contributed by atoms with Crippen molar-refractivity contribution in [3.05, 3.63) is 30.1 Å². The first kappa shape index (κ1) is 19.9. The minimum absolute atomic E-state index is 0.199. The molecule has 1 saturated heterocycles. The summed E-state index contributed by atoms with van der Waals surface area (Å²) in [5.41, 5.74) is 0.605. The van der Waals surface area contributed by atoms with Crippen LogP contribution in [-0.4, -0.2) is 36.0 Å². The van der Waals surface area contributed by atoms with Crippen LogP contribution in [0.4, 0.5) is 10.1 Å². The first-order valence-corrected chi connectivity index (χ1v) is 9.05. The number of amides is 2. The molecule has 1 aromatic carbocycles. The molecule has 1 heterocycles. The van der Waals surface area contributed by atoms with Gasteiger partial charge in [0.1, 0.15) is 11.7 Å². The third-order valence-electron chi connectivity index (χ3n) is 4.53. The fraction of sp³-hybridized carbons (Fsp3) is 0.526. The van der Waals surface area contributed by atoms with E-state index < -0.39 is 11.9 Å². The molecule has 1 aromatic rings. The number of carbonyl (C=O) groups excluding carboxylic acids is 2. The molecule has 7 heteroatoms.